The van der Waals surface area contributed by atoms with Crippen LogP contribution in [-0.4, -0.2) is 9.97 Å². The highest BCUT2D eigenvalue weighted by Crippen LogP contribution is 2.37. The SMILES string of the molecule is NC(c1ccc(F)c(Cl)c1)C(N)c1cc(-c2ccc(C(F)(F)F)c(Cl)c2)ncn1. The van der Waals surface area contributed by atoms with E-state index in [9.17, 15) is 17.6 Å². The third kappa shape index (κ3) is 4.67. The highest BCUT2D eigenvalue weighted by Gasteiger charge is 2.33. The van der Waals surface area contributed by atoms with Gasteiger partial charge in [0, 0.05) is 5.56 Å². The molecule has 2 aromatic carbocycles. The van der Waals surface area contributed by atoms with Crippen LogP contribution in [0.1, 0.15) is 28.9 Å². The largest absolute Gasteiger partial charge is 0.417 e. The first-order valence-corrected chi connectivity index (χ1v) is 8.98. The minimum atomic E-state index is -4.56. The third-order valence-corrected chi connectivity index (χ3v) is 4.92. The molecule has 0 saturated carbocycles. The van der Waals surface area contributed by atoms with Crippen molar-refractivity contribution in [2.75, 3.05) is 0 Å². The van der Waals surface area contributed by atoms with E-state index in [1.165, 1.54) is 42.7 Å². The van der Waals surface area contributed by atoms with E-state index in [4.69, 9.17) is 34.7 Å². The summed E-state index contributed by atoms with van der Waals surface area (Å²) in [7, 11) is 0. The Kier molecular flexibility index (Phi) is 6.09. The van der Waals surface area contributed by atoms with Crippen LogP contribution in [0.25, 0.3) is 11.3 Å². The molecule has 0 aliphatic heterocycles. The van der Waals surface area contributed by atoms with E-state index in [-0.39, 0.29) is 5.02 Å². The number of hydrogen-bond donors (Lipinski definition) is 2. The van der Waals surface area contributed by atoms with Crippen LogP contribution in [0, 0.1) is 5.82 Å². The summed E-state index contributed by atoms with van der Waals surface area (Å²) in [5, 5.41) is -0.537. The zero-order valence-electron chi connectivity index (χ0n) is 14.6. The van der Waals surface area contributed by atoms with Crippen molar-refractivity contribution in [3.05, 3.63) is 81.5 Å². The number of nitrogens with two attached hydrogens (primary N) is 2. The molecule has 1 aromatic heterocycles. The lowest BCUT2D eigenvalue weighted by Crippen LogP contribution is -2.27. The number of alkyl halides is 3. The van der Waals surface area contributed by atoms with Crippen molar-refractivity contribution in [2.45, 2.75) is 18.3 Å². The van der Waals surface area contributed by atoms with Gasteiger partial charge in [-0.1, -0.05) is 35.3 Å². The molecular formula is C19H14Cl2F4N4. The van der Waals surface area contributed by atoms with Crippen molar-refractivity contribution in [3.63, 3.8) is 0 Å². The Balaban J connectivity index is 1.91. The third-order valence-electron chi connectivity index (χ3n) is 4.32. The molecule has 4 N–H and O–H groups in total. The van der Waals surface area contributed by atoms with Gasteiger partial charge in [0.15, 0.2) is 0 Å². The van der Waals surface area contributed by atoms with Crippen LogP contribution < -0.4 is 11.5 Å². The van der Waals surface area contributed by atoms with E-state index in [0.29, 0.717) is 22.5 Å². The van der Waals surface area contributed by atoms with E-state index >= 15 is 0 Å². The Morgan fingerprint density at radius 3 is 2.21 bits per heavy atom. The summed E-state index contributed by atoms with van der Waals surface area (Å²) in [5.74, 6) is -0.584. The number of aromatic nitrogens is 2. The summed E-state index contributed by atoms with van der Waals surface area (Å²) < 4.78 is 52.0. The van der Waals surface area contributed by atoms with Crippen molar-refractivity contribution in [1.29, 1.82) is 0 Å². The maximum Gasteiger partial charge on any atom is 0.417 e. The second-order valence-electron chi connectivity index (χ2n) is 6.25. The fraction of sp³-hybridized carbons (Fsp3) is 0.158. The maximum atomic E-state index is 13.4. The molecule has 0 bridgehead atoms. The van der Waals surface area contributed by atoms with Crippen molar-refractivity contribution in [1.82, 2.24) is 9.97 Å². The molecule has 29 heavy (non-hydrogen) atoms. The lowest BCUT2D eigenvalue weighted by Gasteiger charge is -2.20. The minimum absolute atomic E-state index is 0.0899. The normalized spacial score (nSPS) is 13.9. The highest BCUT2D eigenvalue weighted by atomic mass is 35.5. The second kappa shape index (κ2) is 8.23. The quantitative estimate of drug-likeness (QED) is 0.534. The molecule has 0 amide bonds. The summed E-state index contributed by atoms with van der Waals surface area (Å²) in [6.07, 6.45) is -3.33. The Morgan fingerprint density at radius 2 is 1.59 bits per heavy atom. The summed E-state index contributed by atoms with van der Waals surface area (Å²) in [4.78, 5) is 8.16. The lowest BCUT2D eigenvalue weighted by atomic mass is 9.97. The highest BCUT2D eigenvalue weighted by molar-refractivity contribution is 6.31. The smallest absolute Gasteiger partial charge is 0.322 e. The van der Waals surface area contributed by atoms with Crippen molar-refractivity contribution >= 4 is 23.2 Å². The van der Waals surface area contributed by atoms with Crippen LogP contribution in [0.3, 0.4) is 0 Å². The Bertz CT molecular complexity index is 1040. The predicted octanol–water partition coefficient (Wildman–Crippen LogP) is 5.31. The molecule has 0 saturated heterocycles. The van der Waals surface area contributed by atoms with Crippen LogP contribution in [0.2, 0.25) is 10.0 Å². The van der Waals surface area contributed by atoms with Crippen LogP contribution >= 0.6 is 23.2 Å². The van der Waals surface area contributed by atoms with Crippen LogP contribution in [0.15, 0.2) is 48.8 Å². The Labute approximate surface area is 173 Å². The summed E-state index contributed by atoms with van der Waals surface area (Å²) in [5.41, 5.74) is 12.9. The number of halogens is 6. The summed E-state index contributed by atoms with van der Waals surface area (Å²) >= 11 is 11.6. The van der Waals surface area contributed by atoms with Gasteiger partial charge in [-0.2, -0.15) is 13.2 Å². The van der Waals surface area contributed by atoms with Gasteiger partial charge in [0.05, 0.1) is 39.1 Å². The molecule has 1 heterocycles. The number of rotatable bonds is 4. The van der Waals surface area contributed by atoms with E-state index in [2.05, 4.69) is 9.97 Å². The molecule has 0 aliphatic rings. The molecule has 0 aliphatic carbocycles. The van der Waals surface area contributed by atoms with E-state index < -0.39 is 34.7 Å². The van der Waals surface area contributed by atoms with Crippen LogP contribution in [0.5, 0.6) is 0 Å². The number of hydrogen-bond acceptors (Lipinski definition) is 4. The second-order valence-corrected chi connectivity index (χ2v) is 7.06. The van der Waals surface area contributed by atoms with Gasteiger partial charge in [-0.3, -0.25) is 0 Å². The van der Waals surface area contributed by atoms with Crippen molar-refractivity contribution < 1.29 is 17.6 Å². The summed E-state index contributed by atoms with van der Waals surface area (Å²) in [6, 6.07) is 7.27. The van der Waals surface area contributed by atoms with Gasteiger partial charge in [0.2, 0.25) is 0 Å². The molecule has 0 radical (unpaired) electrons. The summed E-state index contributed by atoms with van der Waals surface area (Å²) in [6.45, 7) is 0. The zero-order valence-corrected chi connectivity index (χ0v) is 16.1. The average Bonchev–Trinajstić information content (AvgIpc) is 2.68. The maximum absolute atomic E-state index is 13.4. The van der Waals surface area contributed by atoms with Gasteiger partial charge in [-0.25, -0.2) is 14.4 Å². The van der Waals surface area contributed by atoms with Gasteiger partial charge in [-0.15, -0.1) is 0 Å². The Hall–Kier alpha value is -2.26. The molecule has 152 valence electrons. The lowest BCUT2D eigenvalue weighted by molar-refractivity contribution is -0.137. The first-order valence-electron chi connectivity index (χ1n) is 8.23. The molecule has 0 fully saturated rings. The van der Waals surface area contributed by atoms with E-state index in [0.717, 1.165) is 6.07 Å². The first-order chi connectivity index (χ1) is 13.6. The molecule has 2 unspecified atom stereocenters. The van der Waals surface area contributed by atoms with Crippen molar-refractivity contribution in [2.24, 2.45) is 11.5 Å². The predicted molar refractivity (Wildman–Crippen MR) is 103 cm³/mol. The zero-order chi connectivity index (χ0) is 21.3. The fourth-order valence-corrected chi connectivity index (χ4v) is 3.20. The topological polar surface area (TPSA) is 77.8 Å². The van der Waals surface area contributed by atoms with Crippen LogP contribution in [-0.2, 0) is 6.18 Å². The van der Waals surface area contributed by atoms with Gasteiger partial charge in [0.25, 0.3) is 0 Å². The monoisotopic (exact) mass is 444 g/mol. The van der Waals surface area contributed by atoms with Gasteiger partial charge in [0.1, 0.15) is 12.1 Å². The number of nitrogens with zero attached hydrogens (tertiary/aromatic N) is 2. The van der Waals surface area contributed by atoms with E-state index in [1.54, 1.807) is 0 Å². The van der Waals surface area contributed by atoms with E-state index in [1.807, 2.05) is 0 Å². The molecule has 4 nitrogen and oxygen atoms in total. The Morgan fingerprint density at radius 1 is 0.862 bits per heavy atom. The van der Waals surface area contributed by atoms with Crippen molar-refractivity contribution in [3.8, 4) is 11.3 Å². The fourth-order valence-electron chi connectivity index (χ4n) is 2.73. The number of benzene rings is 2. The average molecular weight is 445 g/mol. The molecule has 0 spiro atoms. The van der Waals surface area contributed by atoms with Crippen LogP contribution in [0.4, 0.5) is 17.6 Å². The van der Waals surface area contributed by atoms with Gasteiger partial charge < -0.3 is 11.5 Å². The standard InChI is InChI=1S/C19H14Cl2F4N4/c20-12-5-9(1-3-11(12)19(23,24)25)15-7-16(29-8-28-15)18(27)17(26)10-2-4-14(22)13(21)6-10/h1-8,17-18H,26-27H2. The molecule has 3 aromatic rings. The molecule has 2 atom stereocenters. The van der Waals surface area contributed by atoms with Gasteiger partial charge >= 0.3 is 6.18 Å². The minimum Gasteiger partial charge on any atom is -0.322 e. The first kappa shape index (κ1) is 21.4. The molecule has 10 heteroatoms. The van der Waals surface area contributed by atoms with Gasteiger partial charge in [-0.05, 0) is 35.9 Å². The molecule has 3 rings (SSSR count). The molecular weight excluding hydrogens is 431 g/mol.